The summed E-state index contributed by atoms with van der Waals surface area (Å²) < 4.78 is 4.84. The molecule has 0 amide bonds. The van der Waals surface area contributed by atoms with Crippen molar-refractivity contribution in [2.45, 2.75) is 91.1 Å². The fraction of sp³-hybridized carbons (Fsp3) is 0.920. The third-order valence-electron chi connectivity index (χ3n) is 10.4. The van der Waals surface area contributed by atoms with Gasteiger partial charge in [0.05, 0.1) is 13.2 Å². The van der Waals surface area contributed by atoms with Gasteiger partial charge in [0.25, 0.3) is 0 Å². The van der Waals surface area contributed by atoms with Gasteiger partial charge in [0, 0.05) is 19.3 Å². The molecule has 0 heterocycles. The number of hydrogen-bond donors (Lipinski definition) is 1. The molecule has 164 valence electrons. The summed E-state index contributed by atoms with van der Waals surface area (Å²) in [5.41, 5.74) is 0.193. The van der Waals surface area contributed by atoms with E-state index in [1.54, 1.807) is 0 Å². The predicted octanol–water partition coefficient (Wildman–Crippen LogP) is 4.77. The molecule has 0 aromatic carbocycles. The maximum absolute atomic E-state index is 12.1. The molecule has 0 aromatic heterocycles. The molecule has 4 aliphatic carbocycles. The zero-order valence-corrected chi connectivity index (χ0v) is 18.8. The highest BCUT2D eigenvalue weighted by Crippen LogP contribution is 2.68. The van der Waals surface area contributed by atoms with Crippen LogP contribution in [0, 0.1) is 46.3 Å². The molecule has 4 rings (SSSR count). The monoisotopic (exact) mass is 404 g/mol. The van der Waals surface area contributed by atoms with Crippen LogP contribution in [-0.2, 0) is 14.3 Å². The first-order valence-electron chi connectivity index (χ1n) is 12.0. The zero-order valence-electron chi connectivity index (χ0n) is 18.8. The average molecular weight is 405 g/mol. The van der Waals surface area contributed by atoms with Crippen LogP contribution in [0.4, 0.5) is 0 Å². The molecule has 9 atom stereocenters. The van der Waals surface area contributed by atoms with Crippen LogP contribution in [0.2, 0.25) is 0 Å². The Bertz CT molecular complexity index is 659. The third-order valence-corrected chi connectivity index (χ3v) is 10.4. The fourth-order valence-corrected chi connectivity index (χ4v) is 8.62. The van der Waals surface area contributed by atoms with E-state index >= 15 is 0 Å². The van der Waals surface area contributed by atoms with Gasteiger partial charge in [0.1, 0.15) is 5.78 Å². The van der Waals surface area contributed by atoms with Gasteiger partial charge in [0.2, 0.25) is 0 Å². The lowest BCUT2D eigenvalue weighted by Crippen LogP contribution is -2.58. The summed E-state index contributed by atoms with van der Waals surface area (Å²) in [5.74, 6) is 3.59. The number of hydrogen-bond acceptors (Lipinski definition) is 4. The second-order valence-electron chi connectivity index (χ2n) is 11.3. The first-order valence-corrected chi connectivity index (χ1v) is 12.0. The van der Waals surface area contributed by atoms with Gasteiger partial charge in [0.15, 0.2) is 0 Å². The van der Waals surface area contributed by atoms with Crippen molar-refractivity contribution in [3.8, 4) is 0 Å². The number of ketones is 1. The third kappa shape index (κ3) is 3.28. The van der Waals surface area contributed by atoms with Crippen molar-refractivity contribution in [1.29, 1.82) is 0 Å². The summed E-state index contributed by atoms with van der Waals surface area (Å²) in [6.45, 7) is 7.05. The lowest BCUT2D eigenvalue weighted by Gasteiger charge is -2.62. The van der Waals surface area contributed by atoms with Gasteiger partial charge in [-0.05, 0) is 91.3 Å². The largest absolute Gasteiger partial charge is 0.469 e. The summed E-state index contributed by atoms with van der Waals surface area (Å²) in [6, 6.07) is 0. The fourth-order valence-electron chi connectivity index (χ4n) is 8.62. The second kappa shape index (κ2) is 7.66. The lowest BCUT2D eigenvalue weighted by atomic mass is 9.44. The van der Waals surface area contributed by atoms with Crippen LogP contribution in [0.15, 0.2) is 0 Å². The lowest BCUT2D eigenvalue weighted by molar-refractivity contribution is -0.171. The van der Waals surface area contributed by atoms with Gasteiger partial charge in [-0.25, -0.2) is 0 Å². The molecule has 29 heavy (non-hydrogen) atoms. The molecule has 0 saturated heterocycles. The molecule has 4 saturated carbocycles. The highest BCUT2D eigenvalue weighted by molar-refractivity contribution is 5.79. The SMILES string of the molecule is COC(=O)CC[C@H](C)[C@@H]1CC[C@H]2[C@@H]3CC[C@@H]4CC(=O)CC[C@]4(C)[C@H]3C[C@@H](O)[C@]21C. The summed E-state index contributed by atoms with van der Waals surface area (Å²) >= 11 is 0. The van der Waals surface area contributed by atoms with E-state index in [0.29, 0.717) is 47.7 Å². The maximum Gasteiger partial charge on any atom is 0.305 e. The zero-order chi connectivity index (χ0) is 21.0. The van der Waals surface area contributed by atoms with Crippen LogP contribution in [0.25, 0.3) is 0 Å². The van der Waals surface area contributed by atoms with E-state index in [-0.39, 0.29) is 22.9 Å². The van der Waals surface area contributed by atoms with E-state index in [4.69, 9.17) is 4.74 Å². The molecule has 0 bridgehead atoms. The number of carbonyl (C=O) groups is 2. The van der Waals surface area contributed by atoms with E-state index < -0.39 is 0 Å². The van der Waals surface area contributed by atoms with E-state index in [1.165, 1.54) is 32.8 Å². The number of fused-ring (bicyclic) bond motifs is 5. The van der Waals surface area contributed by atoms with Crippen LogP contribution >= 0.6 is 0 Å². The highest BCUT2D eigenvalue weighted by Gasteiger charge is 2.63. The smallest absolute Gasteiger partial charge is 0.305 e. The predicted molar refractivity (Wildman–Crippen MR) is 112 cm³/mol. The first-order chi connectivity index (χ1) is 13.7. The number of carbonyl (C=O) groups excluding carboxylic acids is 2. The molecule has 0 aliphatic heterocycles. The molecule has 0 spiro atoms. The van der Waals surface area contributed by atoms with Crippen LogP contribution in [0.1, 0.15) is 85.0 Å². The van der Waals surface area contributed by atoms with Gasteiger partial charge in [-0.3, -0.25) is 9.59 Å². The van der Waals surface area contributed by atoms with E-state index in [0.717, 1.165) is 32.1 Å². The van der Waals surface area contributed by atoms with Crippen LogP contribution in [0.5, 0.6) is 0 Å². The summed E-state index contributed by atoms with van der Waals surface area (Å²) in [7, 11) is 1.46. The number of rotatable bonds is 4. The Labute approximate surface area is 176 Å². The molecule has 4 aliphatic rings. The van der Waals surface area contributed by atoms with Crippen molar-refractivity contribution in [1.82, 2.24) is 0 Å². The Hall–Kier alpha value is -0.900. The molecular formula is C25H40O4. The highest BCUT2D eigenvalue weighted by atomic mass is 16.5. The minimum Gasteiger partial charge on any atom is -0.469 e. The molecule has 1 N–H and O–H groups in total. The Morgan fingerprint density at radius 2 is 1.97 bits per heavy atom. The number of methoxy groups -OCH3 is 1. The van der Waals surface area contributed by atoms with Crippen molar-refractivity contribution in [3.05, 3.63) is 0 Å². The number of ether oxygens (including phenoxy) is 1. The molecule has 4 nitrogen and oxygen atoms in total. The van der Waals surface area contributed by atoms with E-state index in [2.05, 4.69) is 20.8 Å². The van der Waals surface area contributed by atoms with Crippen molar-refractivity contribution >= 4 is 11.8 Å². The van der Waals surface area contributed by atoms with Gasteiger partial charge in [-0.2, -0.15) is 0 Å². The van der Waals surface area contributed by atoms with Gasteiger partial charge >= 0.3 is 5.97 Å². The maximum atomic E-state index is 12.1. The van der Waals surface area contributed by atoms with Crippen molar-refractivity contribution in [2.75, 3.05) is 7.11 Å². The molecule has 4 fully saturated rings. The van der Waals surface area contributed by atoms with Crippen molar-refractivity contribution in [3.63, 3.8) is 0 Å². The standard InChI is InChI=1S/C25H40O4/c1-15(5-10-23(28)29-4)19-8-9-20-18-7-6-16-13-17(26)11-12-24(16,2)21(18)14-22(27)25(19,20)3/h15-16,18-22,27H,5-14H2,1-4H3/t15-,16+,18-,19-,20-,21-,22+,24-,25-/m0/s1. The van der Waals surface area contributed by atoms with Gasteiger partial charge < -0.3 is 9.84 Å². The Balaban J connectivity index is 1.54. The normalized spacial score (nSPS) is 47.7. The number of aliphatic hydroxyl groups excluding tert-OH is 1. The Kier molecular flexibility index (Phi) is 5.63. The topological polar surface area (TPSA) is 63.6 Å². The molecule has 4 heteroatoms. The minimum atomic E-state index is -0.268. The number of esters is 1. The number of Topliss-reactive ketones (excluding diaryl/α,β-unsaturated/α-hetero) is 1. The summed E-state index contributed by atoms with van der Waals surface area (Å²) in [5, 5.41) is 11.5. The Morgan fingerprint density at radius 3 is 2.69 bits per heavy atom. The number of aliphatic hydroxyl groups is 1. The van der Waals surface area contributed by atoms with E-state index in [9.17, 15) is 14.7 Å². The van der Waals surface area contributed by atoms with Gasteiger partial charge in [-0.15, -0.1) is 0 Å². The minimum absolute atomic E-state index is 0.0373. The van der Waals surface area contributed by atoms with Crippen LogP contribution in [-0.4, -0.2) is 30.1 Å². The summed E-state index contributed by atoms with van der Waals surface area (Å²) in [6.07, 6.45) is 9.29. The van der Waals surface area contributed by atoms with Crippen LogP contribution in [0.3, 0.4) is 0 Å². The summed E-state index contributed by atoms with van der Waals surface area (Å²) in [4.78, 5) is 23.7. The molecule has 0 unspecified atom stereocenters. The average Bonchev–Trinajstić information content (AvgIpc) is 3.06. The van der Waals surface area contributed by atoms with Crippen LogP contribution < -0.4 is 0 Å². The van der Waals surface area contributed by atoms with Crippen molar-refractivity contribution < 1.29 is 19.4 Å². The molecule has 0 radical (unpaired) electrons. The van der Waals surface area contributed by atoms with E-state index in [1.807, 2.05) is 0 Å². The Morgan fingerprint density at radius 1 is 1.21 bits per heavy atom. The molecular weight excluding hydrogens is 364 g/mol. The molecule has 0 aromatic rings. The second-order valence-corrected chi connectivity index (χ2v) is 11.3. The van der Waals surface area contributed by atoms with Gasteiger partial charge in [-0.1, -0.05) is 20.8 Å². The first kappa shape index (κ1) is 21.3. The van der Waals surface area contributed by atoms with Crippen molar-refractivity contribution in [2.24, 2.45) is 46.3 Å². The quantitative estimate of drug-likeness (QED) is 0.685.